The summed E-state index contributed by atoms with van der Waals surface area (Å²) in [6, 6.07) is 10.0. The second-order valence-corrected chi connectivity index (χ2v) is 8.17. The van der Waals surface area contributed by atoms with E-state index in [4.69, 9.17) is 0 Å². The van der Waals surface area contributed by atoms with E-state index in [0.717, 1.165) is 27.9 Å². The molecule has 130 valence electrons. The summed E-state index contributed by atoms with van der Waals surface area (Å²) >= 11 is 1.31. The lowest BCUT2D eigenvalue weighted by Crippen LogP contribution is -2.14. The number of hydrogen-bond donors (Lipinski definition) is 1. The third-order valence-corrected chi connectivity index (χ3v) is 5.86. The molecule has 0 fully saturated rings. The number of carbonyl (C=O) groups excluding carboxylic acids is 1. The average Bonchev–Trinajstić information content (AvgIpc) is 2.98. The SMILES string of the molecule is Cc1cccc2sc(NC(=O)c3ccc(S(=O)(=O)C(F)F)cc3)nc12. The van der Waals surface area contributed by atoms with E-state index >= 15 is 0 Å². The molecular weight excluding hydrogens is 370 g/mol. The fraction of sp³-hybridized carbons (Fsp3) is 0.125. The molecule has 0 aliphatic carbocycles. The predicted molar refractivity (Wildman–Crippen MR) is 91.9 cm³/mol. The van der Waals surface area contributed by atoms with Gasteiger partial charge in [0.2, 0.25) is 9.84 Å². The first-order valence-electron chi connectivity index (χ1n) is 7.08. The highest BCUT2D eigenvalue weighted by Gasteiger charge is 2.26. The van der Waals surface area contributed by atoms with Crippen LogP contribution in [0.3, 0.4) is 0 Å². The number of carbonyl (C=O) groups is 1. The van der Waals surface area contributed by atoms with Crippen LogP contribution in [0.5, 0.6) is 0 Å². The molecule has 3 rings (SSSR count). The van der Waals surface area contributed by atoms with Gasteiger partial charge in [-0.15, -0.1) is 0 Å². The topological polar surface area (TPSA) is 76.1 Å². The van der Waals surface area contributed by atoms with Gasteiger partial charge in [-0.2, -0.15) is 8.78 Å². The molecule has 1 amide bonds. The number of thiazole rings is 1. The van der Waals surface area contributed by atoms with Crippen molar-refractivity contribution in [2.24, 2.45) is 0 Å². The molecule has 0 radical (unpaired) electrons. The van der Waals surface area contributed by atoms with Crippen molar-refractivity contribution in [2.75, 3.05) is 5.32 Å². The number of aryl methyl sites for hydroxylation is 1. The van der Waals surface area contributed by atoms with Crippen LogP contribution in [0, 0.1) is 6.92 Å². The Bertz CT molecular complexity index is 1040. The first-order valence-corrected chi connectivity index (χ1v) is 9.45. The Morgan fingerprint density at radius 2 is 1.84 bits per heavy atom. The monoisotopic (exact) mass is 382 g/mol. The normalized spacial score (nSPS) is 11.8. The molecule has 0 atom stereocenters. The van der Waals surface area contributed by atoms with Crippen molar-refractivity contribution >= 4 is 42.4 Å². The summed E-state index contributed by atoms with van der Waals surface area (Å²) in [4.78, 5) is 16.0. The molecule has 9 heteroatoms. The first kappa shape index (κ1) is 17.4. The van der Waals surface area contributed by atoms with Gasteiger partial charge in [0.1, 0.15) is 0 Å². The molecule has 0 saturated heterocycles. The zero-order valence-electron chi connectivity index (χ0n) is 12.9. The standard InChI is InChI=1S/C16H12F2N2O3S2/c1-9-3-2-4-12-13(9)19-16(24-12)20-14(21)10-5-7-11(8-6-10)25(22,23)15(17)18/h2-8,15H,1H3,(H,19,20,21). The number of hydrogen-bond acceptors (Lipinski definition) is 5. The van der Waals surface area contributed by atoms with Crippen LogP contribution in [0.15, 0.2) is 47.4 Å². The van der Waals surface area contributed by atoms with E-state index in [1.54, 1.807) is 0 Å². The van der Waals surface area contributed by atoms with Gasteiger partial charge in [0.25, 0.3) is 5.91 Å². The highest BCUT2D eigenvalue weighted by Crippen LogP contribution is 2.28. The summed E-state index contributed by atoms with van der Waals surface area (Å²) < 4.78 is 48.7. The lowest BCUT2D eigenvalue weighted by atomic mass is 10.2. The minimum absolute atomic E-state index is 0.143. The van der Waals surface area contributed by atoms with Crippen molar-refractivity contribution in [3.8, 4) is 0 Å². The minimum Gasteiger partial charge on any atom is -0.298 e. The maximum atomic E-state index is 12.5. The maximum absolute atomic E-state index is 12.5. The Morgan fingerprint density at radius 1 is 1.16 bits per heavy atom. The highest BCUT2D eigenvalue weighted by molar-refractivity contribution is 7.91. The van der Waals surface area contributed by atoms with E-state index in [1.165, 1.54) is 23.5 Å². The van der Waals surface area contributed by atoms with E-state index < -0.39 is 26.4 Å². The van der Waals surface area contributed by atoms with Gasteiger partial charge in [-0.05, 0) is 42.8 Å². The molecule has 1 aromatic heterocycles. The summed E-state index contributed by atoms with van der Waals surface area (Å²) in [6.45, 7) is 1.91. The summed E-state index contributed by atoms with van der Waals surface area (Å²) in [5, 5.41) is 3.03. The zero-order chi connectivity index (χ0) is 18.2. The first-order chi connectivity index (χ1) is 11.8. The molecule has 0 aliphatic heterocycles. The van der Waals surface area contributed by atoms with Crippen LogP contribution < -0.4 is 5.32 Å². The van der Waals surface area contributed by atoms with Gasteiger partial charge in [0.15, 0.2) is 5.13 Å². The molecule has 0 spiro atoms. The van der Waals surface area contributed by atoms with Crippen molar-refractivity contribution in [2.45, 2.75) is 17.6 Å². The van der Waals surface area contributed by atoms with Gasteiger partial charge in [-0.3, -0.25) is 10.1 Å². The molecule has 1 heterocycles. The number of sulfone groups is 1. The molecule has 3 aromatic rings. The van der Waals surface area contributed by atoms with E-state index in [9.17, 15) is 22.0 Å². The quantitative estimate of drug-likeness (QED) is 0.744. The number of amides is 1. The number of alkyl halides is 2. The van der Waals surface area contributed by atoms with E-state index in [0.29, 0.717) is 5.13 Å². The highest BCUT2D eigenvalue weighted by atomic mass is 32.2. The number of anilines is 1. The Morgan fingerprint density at radius 3 is 2.44 bits per heavy atom. The third-order valence-electron chi connectivity index (χ3n) is 3.52. The maximum Gasteiger partial charge on any atom is 0.341 e. The average molecular weight is 382 g/mol. The van der Waals surface area contributed by atoms with Gasteiger partial charge < -0.3 is 0 Å². The zero-order valence-corrected chi connectivity index (χ0v) is 14.5. The number of nitrogens with zero attached hydrogens (tertiary/aromatic N) is 1. The number of para-hydroxylation sites is 1. The van der Waals surface area contributed by atoms with Crippen LogP contribution in [0.2, 0.25) is 0 Å². The Hall–Kier alpha value is -2.39. The summed E-state index contributed by atoms with van der Waals surface area (Å²) in [5.41, 5.74) is 1.92. The minimum atomic E-state index is -4.68. The number of aromatic nitrogens is 1. The second kappa shape index (κ2) is 6.49. The fourth-order valence-corrected chi connectivity index (χ4v) is 3.87. The Kier molecular flexibility index (Phi) is 4.53. The van der Waals surface area contributed by atoms with Crippen molar-refractivity contribution in [1.29, 1.82) is 0 Å². The molecule has 5 nitrogen and oxygen atoms in total. The Balaban J connectivity index is 1.82. The van der Waals surface area contributed by atoms with Crippen LogP contribution in [0.4, 0.5) is 13.9 Å². The molecule has 25 heavy (non-hydrogen) atoms. The van der Waals surface area contributed by atoms with Crippen LogP contribution >= 0.6 is 11.3 Å². The number of halogens is 2. The van der Waals surface area contributed by atoms with Gasteiger partial charge in [-0.1, -0.05) is 23.5 Å². The molecule has 0 unspecified atom stereocenters. The summed E-state index contributed by atoms with van der Waals surface area (Å²) in [7, 11) is -4.68. The summed E-state index contributed by atoms with van der Waals surface area (Å²) in [5.74, 6) is -4.00. The lowest BCUT2D eigenvalue weighted by molar-refractivity contribution is 0.102. The Labute approximate surface area is 146 Å². The summed E-state index contributed by atoms with van der Waals surface area (Å²) in [6.07, 6.45) is 0. The van der Waals surface area contributed by atoms with Crippen LogP contribution in [0.1, 0.15) is 15.9 Å². The van der Waals surface area contributed by atoms with Gasteiger partial charge in [-0.25, -0.2) is 13.4 Å². The molecule has 0 bridgehead atoms. The van der Waals surface area contributed by atoms with E-state index in [2.05, 4.69) is 10.3 Å². The smallest absolute Gasteiger partial charge is 0.298 e. The second-order valence-electron chi connectivity index (χ2n) is 5.22. The van der Waals surface area contributed by atoms with Gasteiger partial charge in [0, 0.05) is 5.56 Å². The van der Waals surface area contributed by atoms with Crippen LogP contribution in [0.25, 0.3) is 10.2 Å². The van der Waals surface area contributed by atoms with Crippen LogP contribution in [-0.2, 0) is 9.84 Å². The number of rotatable bonds is 4. The van der Waals surface area contributed by atoms with Crippen molar-refractivity contribution in [1.82, 2.24) is 4.98 Å². The molecule has 2 aromatic carbocycles. The number of nitrogens with one attached hydrogen (secondary N) is 1. The molecule has 0 aliphatic rings. The van der Waals surface area contributed by atoms with E-state index in [-0.39, 0.29) is 5.56 Å². The third kappa shape index (κ3) is 3.38. The van der Waals surface area contributed by atoms with Gasteiger partial charge in [0.05, 0.1) is 15.1 Å². The number of benzene rings is 2. The molecule has 0 saturated carbocycles. The van der Waals surface area contributed by atoms with Crippen molar-refractivity contribution < 1.29 is 22.0 Å². The number of fused-ring (bicyclic) bond motifs is 1. The molecule has 1 N–H and O–H groups in total. The van der Waals surface area contributed by atoms with E-state index in [1.807, 2.05) is 25.1 Å². The predicted octanol–water partition coefficient (Wildman–Crippen LogP) is 3.85. The molecular formula is C16H12F2N2O3S2. The largest absolute Gasteiger partial charge is 0.341 e. The van der Waals surface area contributed by atoms with Gasteiger partial charge >= 0.3 is 5.76 Å². The lowest BCUT2D eigenvalue weighted by Gasteiger charge is -2.05. The fourth-order valence-electron chi connectivity index (χ4n) is 2.21. The van der Waals surface area contributed by atoms with Crippen LogP contribution in [-0.4, -0.2) is 25.1 Å². The van der Waals surface area contributed by atoms with Crippen molar-refractivity contribution in [3.63, 3.8) is 0 Å². The van der Waals surface area contributed by atoms with Crippen molar-refractivity contribution in [3.05, 3.63) is 53.6 Å².